The third-order valence-corrected chi connectivity index (χ3v) is 6.00. The molecule has 1 atom stereocenters. The molecule has 0 aromatic carbocycles. The molecule has 0 aromatic heterocycles. The summed E-state index contributed by atoms with van der Waals surface area (Å²) in [5.74, 6) is 0. The normalized spacial score (nSPS) is 31.2. The van der Waals surface area contributed by atoms with Crippen LogP contribution in [0.5, 0.6) is 0 Å². The van der Waals surface area contributed by atoms with E-state index >= 15 is 0 Å². The van der Waals surface area contributed by atoms with Gasteiger partial charge in [0.2, 0.25) is 10.0 Å². The van der Waals surface area contributed by atoms with E-state index in [4.69, 9.17) is 0 Å². The highest BCUT2D eigenvalue weighted by Crippen LogP contribution is 2.27. The van der Waals surface area contributed by atoms with Crippen molar-refractivity contribution in [1.29, 1.82) is 0 Å². The Morgan fingerprint density at radius 2 is 2.00 bits per heavy atom. The molecule has 2 heterocycles. The van der Waals surface area contributed by atoms with Gasteiger partial charge in [-0.25, -0.2) is 12.7 Å². The minimum Gasteiger partial charge on any atom is -0.316 e. The third kappa shape index (κ3) is 3.90. The van der Waals surface area contributed by atoms with Gasteiger partial charge in [0, 0.05) is 26.2 Å². The topological polar surface area (TPSA) is 52.6 Å². The Kier molecular flexibility index (Phi) is 4.55. The summed E-state index contributed by atoms with van der Waals surface area (Å²) < 4.78 is 24.6. The highest BCUT2D eigenvalue weighted by Gasteiger charge is 2.33. The fourth-order valence-electron chi connectivity index (χ4n) is 3.26. The van der Waals surface area contributed by atoms with Crippen LogP contribution in [-0.4, -0.2) is 69.7 Å². The van der Waals surface area contributed by atoms with E-state index in [9.17, 15) is 8.42 Å². The first-order valence-electron chi connectivity index (χ1n) is 7.16. The van der Waals surface area contributed by atoms with Gasteiger partial charge in [-0.05, 0) is 44.3 Å². The van der Waals surface area contributed by atoms with E-state index in [2.05, 4.69) is 17.1 Å². The number of nitrogens with one attached hydrogen (secondary N) is 1. The molecule has 1 unspecified atom stereocenters. The molecule has 2 rings (SSSR count). The molecule has 2 aliphatic rings. The molecule has 0 aliphatic carbocycles. The van der Waals surface area contributed by atoms with Crippen LogP contribution in [0, 0.1) is 5.41 Å². The average molecular weight is 289 g/mol. The third-order valence-electron chi connectivity index (χ3n) is 4.66. The molecule has 2 aliphatic heterocycles. The number of piperidine rings is 1. The van der Waals surface area contributed by atoms with E-state index in [1.54, 1.807) is 11.4 Å². The van der Waals surface area contributed by atoms with E-state index in [-0.39, 0.29) is 6.04 Å². The Morgan fingerprint density at radius 3 is 2.47 bits per heavy atom. The van der Waals surface area contributed by atoms with E-state index < -0.39 is 10.0 Å². The molecule has 0 aromatic rings. The summed E-state index contributed by atoms with van der Waals surface area (Å²) in [6.07, 6.45) is 4.45. The zero-order valence-corrected chi connectivity index (χ0v) is 13.2. The van der Waals surface area contributed by atoms with Crippen LogP contribution in [0.25, 0.3) is 0 Å². The maximum atomic E-state index is 11.5. The van der Waals surface area contributed by atoms with Crippen molar-refractivity contribution in [1.82, 2.24) is 14.5 Å². The predicted octanol–water partition coefficient (Wildman–Crippen LogP) is 0.342. The second-order valence-electron chi connectivity index (χ2n) is 6.52. The molecule has 0 bridgehead atoms. The lowest BCUT2D eigenvalue weighted by Gasteiger charge is -2.39. The summed E-state index contributed by atoms with van der Waals surface area (Å²) in [5, 5.41) is 3.44. The van der Waals surface area contributed by atoms with Crippen LogP contribution in [0.2, 0.25) is 0 Å². The van der Waals surface area contributed by atoms with Crippen molar-refractivity contribution < 1.29 is 8.42 Å². The van der Waals surface area contributed by atoms with E-state index in [0.29, 0.717) is 5.41 Å². The minimum atomic E-state index is -3.05. The Hall–Kier alpha value is -0.170. The summed E-state index contributed by atoms with van der Waals surface area (Å²) in [6, 6.07) is 0.181. The second kappa shape index (κ2) is 5.68. The number of nitrogens with zero attached hydrogens (tertiary/aromatic N) is 2. The van der Waals surface area contributed by atoms with Crippen LogP contribution in [0.3, 0.4) is 0 Å². The van der Waals surface area contributed by atoms with Crippen LogP contribution < -0.4 is 5.32 Å². The summed E-state index contributed by atoms with van der Waals surface area (Å²) in [4.78, 5) is 2.50. The van der Waals surface area contributed by atoms with Gasteiger partial charge in [-0.3, -0.25) is 0 Å². The van der Waals surface area contributed by atoms with Gasteiger partial charge in [-0.15, -0.1) is 0 Å². The van der Waals surface area contributed by atoms with E-state index in [1.807, 2.05) is 0 Å². The molecule has 1 N–H and O–H groups in total. The van der Waals surface area contributed by atoms with Crippen molar-refractivity contribution in [2.45, 2.75) is 32.2 Å². The molecule has 0 saturated carbocycles. The predicted molar refractivity (Wildman–Crippen MR) is 77.7 cm³/mol. The quantitative estimate of drug-likeness (QED) is 0.811. The second-order valence-corrected chi connectivity index (χ2v) is 8.57. The molecule has 0 radical (unpaired) electrons. The van der Waals surface area contributed by atoms with Crippen molar-refractivity contribution in [3.8, 4) is 0 Å². The van der Waals surface area contributed by atoms with Crippen LogP contribution in [-0.2, 0) is 10.0 Å². The minimum absolute atomic E-state index is 0.181. The summed E-state index contributed by atoms with van der Waals surface area (Å²) in [6.45, 7) is 7.75. The summed E-state index contributed by atoms with van der Waals surface area (Å²) in [7, 11) is -1.34. The van der Waals surface area contributed by atoms with E-state index in [1.165, 1.54) is 12.7 Å². The monoisotopic (exact) mass is 289 g/mol. The van der Waals surface area contributed by atoms with Crippen LogP contribution in [0.15, 0.2) is 0 Å². The Balaban J connectivity index is 1.82. The van der Waals surface area contributed by atoms with Gasteiger partial charge in [0.05, 0.1) is 6.26 Å². The van der Waals surface area contributed by atoms with Crippen molar-refractivity contribution in [2.75, 3.05) is 46.0 Å². The fourth-order valence-corrected chi connectivity index (χ4v) is 4.01. The van der Waals surface area contributed by atoms with Gasteiger partial charge in [0.25, 0.3) is 0 Å². The first-order valence-corrected chi connectivity index (χ1v) is 9.01. The van der Waals surface area contributed by atoms with Crippen molar-refractivity contribution >= 4 is 10.0 Å². The van der Waals surface area contributed by atoms with Gasteiger partial charge in [0.1, 0.15) is 0 Å². The molecule has 2 saturated heterocycles. The number of hydrogen-bond donors (Lipinski definition) is 1. The van der Waals surface area contributed by atoms with Crippen molar-refractivity contribution in [3.63, 3.8) is 0 Å². The maximum absolute atomic E-state index is 11.5. The number of sulfonamides is 1. The molecule has 6 heteroatoms. The first-order chi connectivity index (χ1) is 8.80. The standard InChI is InChI=1S/C13H27N3O2S/c1-13(6-7-14-10-13)11-16-8-4-12(5-9-16)15(2)19(3,17)18/h12,14H,4-11H2,1-3H3. The Morgan fingerprint density at radius 1 is 1.37 bits per heavy atom. The highest BCUT2D eigenvalue weighted by atomic mass is 32.2. The van der Waals surface area contributed by atoms with Gasteiger partial charge >= 0.3 is 0 Å². The smallest absolute Gasteiger partial charge is 0.211 e. The molecule has 5 nitrogen and oxygen atoms in total. The molecular weight excluding hydrogens is 262 g/mol. The van der Waals surface area contributed by atoms with Crippen LogP contribution in [0.4, 0.5) is 0 Å². The van der Waals surface area contributed by atoms with Gasteiger partial charge in [-0.2, -0.15) is 0 Å². The van der Waals surface area contributed by atoms with Crippen molar-refractivity contribution in [3.05, 3.63) is 0 Å². The molecule has 2 fully saturated rings. The van der Waals surface area contributed by atoms with E-state index in [0.717, 1.165) is 45.6 Å². The van der Waals surface area contributed by atoms with Gasteiger partial charge in [-0.1, -0.05) is 6.92 Å². The fraction of sp³-hybridized carbons (Fsp3) is 1.00. The molecule has 112 valence electrons. The van der Waals surface area contributed by atoms with Gasteiger partial charge in [0.15, 0.2) is 0 Å². The molecular formula is C13H27N3O2S. The summed E-state index contributed by atoms with van der Waals surface area (Å²) >= 11 is 0. The first kappa shape index (κ1) is 15.2. The lowest BCUT2D eigenvalue weighted by molar-refractivity contribution is 0.122. The lowest BCUT2D eigenvalue weighted by Crippen LogP contribution is -2.48. The SMILES string of the molecule is CN(C1CCN(CC2(C)CCNC2)CC1)S(C)(=O)=O. The zero-order chi connectivity index (χ0) is 14.1. The lowest BCUT2D eigenvalue weighted by atomic mass is 9.88. The maximum Gasteiger partial charge on any atom is 0.211 e. The molecule has 0 amide bonds. The van der Waals surface area contributed by atoms with Crippen LogP contribution >= 0.6 is 0 Å². The zero-order valence-electron chi connectivity index (χ0n) is 12.4. The van der Waals surface area contributed by atoms with Crippen LogP contribution in [0.1, 0.15) is 26.2 Å². The largest absolute Gasteiger partial charge is 0.316 e. The Labute approximate surface area is 117 Å². The van der Waals surface area contributed by atoms with Crippen molar-refractivity contribution in [2.24, 2.45) is 5.41 Å². The number of hydrogen-bond acceptors (Lipinski definition) is 4. The Bertz CT molecular complexity index is 396. The molecule has 19 heavy (non-hydrogen) atoms. The summed E-state index contributed by atoms with van der Waals surface area (Å²) in [5.41, 5.74) is 0.398. The van der Waals surface area contributed by atoms with Gasteiger partial charge < -0.3 is 10.2 Å². The molecule has 0 spiro atoms. The average Bonchev–Trinajstić information content (AvgIpc) is 2.75. The highest BCUT2D eigenvalue weighted by molar-refractivity contribution is 7.88. The number of likely N-dealkylation sites (tertiary alicyclic amines) is 1. The number of rotatable bonds is 4.